The van der Waals surface area contributed by atoms with Crippen LogP contribution in [0.2, 0.25) is 0 Å². The van der Waals surface area contributed by atoms with E-state index in [0.29, 0.717) is 12.3 Å². The van der Waals surface area contributed by atoms with E-state index < -0.39 is 17.0 Å². The SMILES string of the molecule is CCC(C)CC(Cl)c1c(F)cc(OC)cc1F. The van der Waals surface area contributed by atoms with E-state index >= 15 is 0 Å². The summed E-state index contributed by atoms with van der Waals surface area (Å²) in [4.78, 5) is 0. The maximum Gasteiger partial charge on any atom is 0.134 e. The van der Waals surface area contributed by atoms with E-state index in [9.17, 15) is 8.78 Å². The summed E-state index contributed by atoms with van der Waals surface area (Å²) in [5, 5.41) is -0.643. The summed E-state index contributed by atoms with van der Waals surface area (Å²) in [6, 6.07) is 2.31. The van der Waals surface area contributed by atoms with Crippen LogP contribution in [-0.4, -0.2) is 7.11 Å². The largest absolute Gasteiger partial charge is 0.497 e. The Balaban J connectivity index is 2.97. The zero-order valence-electron chi connectivity index (χ0n) is 10.3. The van der Waals surface area contributed by atoms with Gasteiger partial charge in [0, 0.05) is 17.7 Å². The monoisotopic (exact) mass is 262 g/mol. The fourth-order valence-corrected chi connectivity index (χ4v) is 2.13. The van der Waals surface area contributed by atoms with Crippen LogP contribution in [-0.2, 0) is 0 Å². The van der Waals surface area contributed by atoms with Crippen LogP contribution in [0.4, 0.5) is 8.78 Å². The Labute approximate surface area is 106 Å². The second kappa shape index (κ2) is 6.20. The molecule has 0 heterocycles. The molecule has 0 aliphatic heterocycles. The molecule has 0 fully saturated rings. The lowest BCUT2D eigenvalue weighted by Crippen LogP contribution is -2.04. The van der Waals surface area contributed by atoms with Gasteiger partial charge in [-0.15, -0.1) is 11.6 Å². The summed E-state index contributed by atoms with van der Waals surface area (Å²) in [6.45, 7) is 4.03. The van der Waals surface area contributed by atoms with Gasteiger partial charge in [0.15, 0.2) is 0 Å². The Morgan fingerprint density at radius 3 is 2.24 bits per heavy atom. The summed E-state index contributed by atoms with van der Waals surface area (Å²) >= 11 is 6.07. The number of rotatable bonds is 5. The molecule has 0 saturated carbocycles. The normalized spacial score (nSPS) is 14.5. The van der Waals surface area contributed by atoms with Gasteiger partial charge in [0.1, 0.15) is 17.4 Å². The second-order valence-electron chi connectivity index (χ2n) is 4.22. The molecule has 0 N–H and O–H groups in total. The third-order valence-electron chi connectivity index (χ3n) is 2.91. The van der Waals surface area contributed by atoms with Crippen LogP contribution >= 0.6 is 11.6 Å². The third-order valence-corrected chi connectivity index (χ3v) is 3.30. The standard InChI is InChI=1S/C13H17ClF2O/c1-4-8(2)5-10(14)13-11(15)6-9(17-3)7-12(13)16/h6-8,10H,4-5H2,1-3H3. The van der Waals surface area contributed by atoms with Crippen LogP contribution in [0.3, 0.4) is 0 Å². The average molecular weight is 263 g/mol. The van der Waals surface area contributed by atoms with Crippen LogP contribution in [0.15, 0.2) is 12.1 Å². The molecule has 0 aliphatic carbocycles. The van der Waals surface area contributed by atoms with Crippen molar-refractivity contribution in [3.8, 4) is 5.75 Å². The number of hydrogen-bond acceptors (Lipinski definition) is 1. The van der Waals surface area contributed by atoms with Crippen LogP contribution in [0.25, 0.3) is 0 Å². The number of halogens is 3. The highest BCUT2D eigenvalue weighted by Gasteiger charge is 2.21. The second-order valence-corrected chi connectivity index (χ2v) is 4.75. The minimum absolute atomic E-state index is 0.0623. The van der Waals surface area contributed by atoms with Crippen molar-refractivity contribution in [1.29, 1.82) is 0 Å². The molecule has 0 bridgehead atoms. The van der Waals surface area contributed by atoms with E-state index in [-0.39, 0.29) is 11.3 Å². The average Bonchev–Trinajstić information content (AvgIpc) is 2.27. The van der Waals surface area contributed by atoms with E-state index in [4.69, 9.17) is 16.3 Å². The fourth-order valence-electron chi connectivity index (χ4n) is 1.62. The molecule has 0 aliphatic rings. The van der Waals surface area contributed by atoms with E-state index in [1.807, 2.05) is 13.8 Å². The highest BCUT2D eigenvalue weighted by Crippen LogP contribution is 2.34. The van der Waals surface area contributed by atoms with E-state index in [1.165, 1.54) is 7.11 Å². The van der Waals surface area contributed by atoms with Gasteiger partial charge in [-0.2, -0.15) is 0 Å². The number of benzene rings is 1. The zero-order valence-corrected chi connectivity index (χ0v) is 11.0. The minimum atomic E-state index is -0.648. The first kappa shape index (κ1) is 14.2. The van der Waals surface area contributed by atoms with Crippen molar-refractivity contribution in [3.63, 3.8) is 0 Å². The van der Waals surface area contributed by atoms with E-state index in [1.54, 1.807) is 0 Å². The molecule has 0 spiro atoms. The quantitative estimate of drug-likeness (QED) is 0.700. The molecule has 1 aromatic rings. The predicted octanol–water partition coefficient (Wildman–Crippen LogP) is 4.69. The van der Waals surface area contributed by atoms with Gasteiger partial charge < -0.3 is 4.74 Å². The van der Waals surface area contributed by atoms with Crippen LogP contribution in [0, 0.1) is 17.6 Å². The molecule has 2 unspecified atom stereocenters. The Kier molecular flexibility index (Phi) is 5.19. The van der Waals surface area contributed by atoms with E-state index in [2.05, 4.69) is 0 Å². The van der Waals surface area contributed by atoms with Crippen LogP contribution in [0.1, 0.15) is 37.6 Å². The van der Waals surface area contributed by atoms with Crippen molar-refractivity contribution in [3.05, 3.63) is 29.3 Å². The maximum absolute atomic E-state index is 13.7. The first-order chi connectivity index (χ1) is 7.99. The molecule has 0 amide bonds. The number of ether oxygens (including phenoxy) is 1. The zero-order chi connectivity index (χ0) is 13.0. The Bertz CT molecular complexity index is 359. The lowest BCUT2D eigenvalue weighted by Gasteiger charge is -2.16. The molecule has 96 valence electrons. The summed E-state index contributed by atoms with van der Waals surface area (Å²) < 4.78 is 32.2. The molecule has 1 nitrogen and oxygen atoms in total. The summed E-state index contributed by atoms with van der Waals surface area (Å²) in [6.07, 6.45) is 1.49. The van der Waals surface area contributed by atoms with Crippen LogP contribution in [0.5, 0.6) is 5.75 Å². The van der Waals surface area contributed by atoms with Gasteiger partial charge in [0.25, 0.3) is 0 Å². The third kappa shape index (κ3) is 3.56. The Morgan fingerprint density at radius 2 is 1.82 bits per heavy atom. The van der Waals surface area contributed by atoms with Crippen molar-refractivity contribution >= 4 is 11.6 Å². The lowest BCUT2D eigenvalue weighted by molar-refractivity contribution is 0.403. The molecule has 17 heavy (non-hydrogen) atoms. The summed E-state index contributed by atoms with van der Waals surface area (Å²) in [5.74, 6) is -0.801. The van der Waals surface area contributed by atoms with Crippen molar-refractivity contribution in [2.75, 3.05) is 7.11 Å². The molecule has 0 saturated heterocycles. The maximum atomic E-state index is 13.7. The molecule has 1 rings (SSSR count). The first-order valence-electron chi connectivity index (χ1n) is 5.66. The van der Waals surface area contributed by atoms with Crippen molar-refractivity contribution in [1.82, 2.24) is 0 Å². The van der Waals surface area contributed by atoms with Gasteiger partial charge in [0.05, 0.1) is 12.5 Å². The highest BCUT2D eigenvalue weighted by atomic mass is 35.5. The van der Waals surface area contributed by atoms with Crippen LogP contribution < -0.4 is 4.74 Å². The smallest absolute Gasteiger partial charge is 0.134 e. The molecule has 1 aromatic carbocycles. The Hall–Kier alpha value is -0.830. The van der Waals surface area contributed by atoms with Crippen molar-refractivity contribution < 1.29 is 13.5 Å². The highest BCUT2D eigenvalue weighted by molar-refractivity contribution is 6.20. The van der Waals surface area contributed by atoms with E-state index in [0.717, 1.165) is 18.6 Å². The Morgan fingerprint density at radius 1 is 1.29 bits per heavy atom. The summed E-state index contributed by atoms with van der Waals surface area (Å²) in [5.41, 5.74) is -0.0623. The molecule has 2 atom stereocenters. The number of alkyl halides is 1. The van der Waals surface area contributed by atoms with Gasteiger partial charge in [-0.1, -0.05) is 20.3 Å². The molecule has 4 heteroatoms. The first-order valence-corrected chi connectivity index (χ1v) is 6.10. The fraction of sp³-hybridized carbons (Fsp3) is 0.538. The topological polar surface area (TPSA) is 9.23 Å². The summed E-state index contributed by atoms with van der Waals surface area (Å²) in [7, 11) is 1.37. The number of hydrogen-bond donors (Lipinski definition) is 0. The molecular formula is C13H17ClF2O. The molecular weight excluding hydrogens is 246 g/mol. The minimum Gasteiger partial charge on any atom is -0.497 e. The van der Waals surface area contributed by atoms with Gasteiger partial charge in [-0.25, -0.2) is 8.78 Å². The predicted molar refractivity (Wildman–Crippen MR) is 65.6 cm³/mol. The van der Waals surface area contributed by atoms with Gasteiger partial charge in [-0.3, -0.25) is 0 Å². The lowest BCUT2D eigenvalue weighted by atomic mass is 9.98. The number of methoxy groups -OCH3 is 1. The van der Waals surface area contributed by atoms with Gasteiger partial charge in [-0.05, 0) is 12.3 Å². The van der Waals surface area contributed by atoms with Gasteiger partial charge in [0.2, 0.25) is 0 Å². The van der Waals surface area contributed by atoms with Crippen molar-refractivity contribution in [2.24, 2.45) is 5.92 Å². The molecule has 0 radical (unpaired) electrons. The van der Waals surface area contributed by atoms with Gasteiger partial charge >= 0.3 is 0 Å². The van der Waals surface area contributed by atoms with Crippen molar-refractivity contribution in [2.45, 2.75) is 32.1 Å². The molecule has 0 aromatic heterocycles.